The summed E-state index contributed by atoms with van der Waals surface area (Å²) >= 11 is 0. The minimum atomic E-state index is -0.144. The van der Waals surface area contributed by atoms with E-state index < -0.39 is 0 Å². The lowest BCUT2D eigenvalue weighted by atomic mass is 10.2. The van der Waals surface area contributed by atoms with Crippen LogP contribution in [0.4, 0.5) is 0 Å². The summed E-state index contributed by atoms with van der Waals surface area (Å²) in [6, 6.07) is 10.2. The van der Waals surface area contributed by atoms with Crippen LogP contribution in [0, 0.1) is 0 Å². The van der Waals surface area contributed by atoms with E-state index in [0.717, 1.165) is 0 Å². The maximum atomic E-state index is 9.95. The molecule has 3 nitrogen and oxygen atoms in total. The molecular weight excluding hydrogens is 200 g/mol. The van der Waals surface area contributed by atoms with Crippen molar-refractivity contribution < 1.29 is 4.79 Å². The van der Waals surface area contributed by atoms with Gasteiger partial charge in [0.05, 0.1) is 0 Å². The van der Waals surface area contributed by atoms with E-state index >= 15 is 0 Å². The van der Waals surface area contributed by atoms with Crippen LogP contribution in [-0.4, -0.2) is 17.9 Å². The van der Waals surface area contributed by atoms with Gasteiger partial charge < -0.3 is 5.32 Å². The average Bonchev–Trinajstić information content (AvgIpc) is 2.38. The Labute approximate surface area is 94.8 Å². The summed E-state index contributed by atoms with van der Waals surface area (Å²) in [6.07, 6.45) is 4.90. The van der Waals surface area contributed by atoms with Gasteiger partial charge in [-0.05, 0) is 22.9 Å². The zero-order chi connectivity index (χ0) is 11.8. The largest absolute Gasteiger partial charge is 0.356 e. The highest BCUT2D eigenvalue weighted by atomic mass is 16.1. The maximum absolute atomic E-state index is 9.95. The lowest BCUT2D eigenvalue weighted by molar-refractivity contribution is -0.116. The minimum absolute atomic E-state index is 0.144. The number of hydrogen-bond acceptors (Lipinski definition) is 2. The molecule has 1 aromatic heterocycles. The number of benzene rings is 1. The molecule has 0 aliphatic carbocycles. The van der Waals surface area contributed by atoms with Gasteiger partial charge in [-0.25, -0.2) is 0 Å². The van der Waals surface area contributed by atoms with Crippen LogP contribution in [-0.2, 0) is 4.79 Å². The van der Waals surface area contributed by atoms with Crippen LogP contribution in [0.3, 0.4) is 0 Å². The first kappa shape index (κ1) is 11.9. The van der Waals surface area contributed by atoms with Crippen molar-refractivity contribution in [3.63, 3.8) is 0 Å². The molecule has 16 heavy (non-hydrogen) atoms. The van der Waals surface area contributed by atoms with Crippen LogP contribution in [0.2, 0.25) is 0 Å². The van der Waals surface area contributed by atoms with Gasteiger partial charge in [-0.15, -0.1) is 0 Å². The number of nitrogens with one attached hydrogen (secondary N) is 1. The summed E-state index contributed by atoms with van der Waals surface area (Å²) in [5, 5.41) is 4.80. The summed E-state index contributed by atoms with van der Waals surface area (Å²) in [4.78, 5) is 14.0. The topological polar surface area (TPSA) is 42.0 Å². The number of nitrogens with zero attached hydrogens (tertiary/aromatic N) is 1. The number of fused-ring (bicyclic) bond motifs is 1. The number of carbonyl (C=O) groups excluding carboxylic acids is 1. The molecule has 0 atom stereocenters. The number of aromatic nitrogens is 1. The number of pyridine rings is 1. The third-order valence-electron chi connectivity index (χ3n) is 1.98. The number of likely N-dealkylation sites (N-methyl/N-ethyl adjacent to an activating group) is 1. The van der Waals surface area contributed by atoms with Gasteiger partial charge in [-0.1, -0.05) is 30.8 Å². The Balaban J connectivity index is 0.000000187. The van der Waals surface area contributed by atoms with Crippen LogP contribution in [0.1, 0.15) is 0 Å². The minimum Gasteiger partial charge on any atom is -0.356 e. The molecule has 1 aromatic carbocycles. The molecule has 3 heteroatoms. The molecule has 0 unspecified atom stereocenters. The summed E-state index contributed by atoms with van der Waals surface area (Å²) in [6.45, 7) is 3.22. The van der Waals surface area contributed by atoms with Gasteiger partial charge in [0.2, 0.25) is 5.91 Å². The van der Waals surface area contributed by atoms with Crippen molar-refractivity contribution in [3.8, 4) is 0 Å². The molecule has 1 amide bonds. The van der Waals surface area contributed by atoms with Crippen molar-refractivity contribution in [2.45, 2.75) is 0 Å². The Kier molecular flexibility index (Phi) is 4.73. The molecule has 2 aromatic rings. The first-order chi connectivity index (χ1) is 7.77. The Morgan fingerprint density at radius 1 is 1.31 bits per heavy atom. The van der Waals surface area contributed by atoms with Crippen LogP contribution in [0.25, 0.3) is 10.8 Å². The molecule has 0 fully saturated rings. The van der Waals surface area contributed by atoms with Gasteiger partial charge in [-0.2, -0.15) is 0 Å². The van der Waals surface area contributed by atoms with Gasteiger partial charge in [0.25, 0.3) is 0 Å². The molecule has 0 bridgehead atoms. The maximum Gasteiger partial charge on any atom is 0.243 e. The van der Waals surface area contributed by atoms with Crippen molar-refractivity contribution in [3.05, 3.63) is 55.4 Å². The summed E-state index contributed by atoms with van der Waals surface area (Å²) in [5.74, 6) is -0.144. The first-order valence-corrected chi connectivity index (χ1v) is 4.91. The Bertz CT molecular complexity index is 415. The molecule has 0 saturated heterocycles. The second kappa shape index (κ2) is 6.35. The highest BCUT2D eigenvalue weighted by Crippen LogP contribution is 2.09. The molecule has 0 radical (unpaired) electrons. The average molecular weight is 214 g/mol. The third kappa shape index (κ3) is 3.53. The molecular formula is C13H14N2O. The van der Waals surface area contributed by atoms with Crippen molar-refractivity contribution in [2.24, 2.45) is 0 Å². The highest BCUT2D eigenvalue weighted by molar-refractivity contribution is 5.86. The molecule has 0 saturated carbocycles. The van der Waals surface area contributed by atoms with E-state index in [1.165, 1.54) is 16.8 Å². The van der Waals surface area contributed by atoms with Gasteiger partial charge >= 0.3 is 0 Å². The molecule has 0 spiro atoms. The van der Waals surface area contributed by atoms with E-state index in [9.17, 15) is 4.79 Å². The Hall–Kier alpha value is -2.16. The van der Waals surface area contributed by atoms with Crippen LogP contribution < -0.4 is 5.32 Å². The number of rotatable bonds is 1. The van der Waals surface area contributed by atoms with E-state index in [0.29, 0.717) is 0 Å². The predicted octanol–water partition coefficient (Wildman–Crippen LogP) is 2.15. The van der Waals surface area contributed by atoms with Gasteiger partial charge in [-0.3, -0.25) is 9.78 Å². The van der Waals surface area contributed by atoms with Crippen molar-refractivity contribution in [1.82, 2.24) is 10.3 Å². The monoisotopic (exact) mass is 214 g/mol. The van der Waals surface area contributed by atoms with Crippen molar-refractivity contribution >= 4 is 16.7 Å². The third-order valence-corrected chi connectivity index (χ3v) is 1.98. The first-order valence-electron chi connectivity index (χ1n) is 4.91. The van der Waals surface area contributed by atoms with E-state index in [1.54, 1.807) is 7.05 Å². The Morgan fingerprint density at radius 3 is 2.50 bits per heavy atom. The van der Waals surface area contributed by atoms with Crippen molar-refractivity contribution in [1.29, 1.82) is 0 Å². The molecule has 0 aliphatic rings. The predicted molar refractivity (Wildman–Crippen MR) is 66.0 cm³/mol. The van der Waals surface area contributed by atoms with E-state index in [2.05, 4.69) is 29.0 Å². The van der Waals surface area contributed by atoms with E-state index in [1.807, 2.05) is 30.6 Å². The Morgan fingerprint density at radius 2 is 2.00 bits per heavy atom. The normalized spacial score (nSPS) is 8.81. The van der Waals surface area contributed by atoms with Crippen LogP contribution >= 0.6 is 0 Å². The van der Waals surface area contributed by atoms with Gasteiger partial charge in [0.1, 0.15) is 0 Å². The summed E-state index contributed by atoms with van der Waals surface area (Å²) in [7, 11) is 1.56. The fourth-order valence-electron chi connectivity index (χ4n) is 1.13. The van der Waals surface area contributed by atoms with Gasteiger partial charge in [0.15, 0.2) is 0 Å². The smallest absolute Gasteiger partial charge is 0.243 e. The highest BCUT2D eigenvalue weighted by Gasteiger charge is 1.86. The second-order valence-electron chi connectivity index (χ2n) is 3.04. The number of amides is 1. The summed E-state index contributed by atoms with van der Waals surface area (Å²) in [5.41, 5.74) is 0. The van der Waals surface area contributed by atoms with E-state index in [4.69, 9.17) is 0 Å². The summed E-state index contributed by atoms with van der Waals surface area (Å²) < 4.78 is 0. The number of carbonyl (C=O) groups is 1. The molecule has 1 heterocycles. The van der Waals surface area contributed by atoms with Gasteiger partial charge in [0, 0.05) is 19.4 Å². The standard InChI is InChI=1S/C9H7N.C4H7NO/c1-2-4-9-7-10-6-5-8(9)3-1;1-3-4(6)5-2/h1-7H;3H,1H2,2H3,(H,5,6). The van der Waals surface area contributed by atoms with Crippen molar-refractivity contribution in [2.75, 3.05) is 7.05 Å². The molecule has 0 aliphatic heterocycles. The molecule has 1 N–H and O–H groups in total. The number of hydrogen-bond donors (Lipinski definition) is 1. The fourth-order valence-corrected chi connectivity index (χ4v) is 1.13. The lowest BCUT2D eigenvalue weighted by Crippen LogP contribution is -2.13. The zero-order valence-electron chi connectivity index (χ0n) is 9.18. The fraction of sp³-hybridized carbons (Fsp3) is 0.0769. The van der Waals surface area contributed by atoms with E-state index in [-0.39, 0.29) is 5.91 Å². The quantitative estimate of drug-likeness (QED) is 0.739. The van der Waals surface area contributed by atoms with Crippen LogP contribution in [0.15, 0.2) is 55.4 Å². The lowest BCUT2D eigenvalue weighted by Gasteiger charge is -1.91. The van der Waals surface area contributed by atoms with Crippen LogP contribution in [0.5, 0.6) is 0 Å². The molecule has 82 valence electrons. The SMILES string of the molecule is C=CC(=O)NC.c1ccc2cnccc2c1. The molecule has 2 rings (SSSR count). The zero-order valence-corrected chi connectivity index (χ0v) is 9.18. The second-order valence-corrected chi connectivity index (χ2v) is 3.04.